The molecule has 0 aliphatic rings. The molecule has 0 bridgehead atoms. The Morgan fingerprint density at radius 3 is 1.19 bits per heavy atom. The van der Waals surface area contributed by atoms with Crippen molar-refractivity contribution in [2.24, 2.45) is 0 Å². The normalized spacial score (nSPS) is 16.6. The lowest BCUT2D eigenvalue weighted by atomic mass is 10.0. The van der Waals surface area contributed by atoms with Crippen LogP contribution in [-0.4, -0.2) is 46.2 Å². The maximum Gasteiger partial charge on any atom is 0.330 e. The van der Waals surface area contributed by atoms with Crippen LogP contribution in [0.3, 0.4) is 0 Å². The molecule has 0 aromatic rings. The fraction of sp³-hybridized carbons (Fsp3) is 0.769. The van der Waals surface area contributed by atoms with Crippen LogP contribution < -0.4 is 0 Å². The topological polar surface area (TPSA) is 26.3 Å². The van der Waals surface area contributed by atoms with Crippen LogP contribution in [0.5, 0.6) is 0 Å². The Bertz CT molecular complexity index is 720. The minimum atomic E-state index is -3.08. The van der Waals surface area contributed by atoms with Crippen molar-refractivity contribution in [3.05, 3.63) is 12.7 Å². The zero-order valence-electron chi connectivity index (χ0n) is 14.6. The molecule has 0 fully saturated rings. The van der Waals surface area contributed by atoms with Crippen LogP contribution in [0.25, 0.3) is 0 Å². The SMILES string of the molecule is C=CC(=O)OC(C)C(Cl)(Cl)C(Cl)(Cl)C(Cl)(Cl)C(Cl)(Cl)C(Cl)(Cl)C(Cl)(Cl)C(Cl)(Cl)C(Cl)(Cl)Cl. The molecule has 0 aromatic carbocycles. The molecule has 1 unspecified atom stereocenters. The predicted octanol–water partition coefficient (Wildman–Crippen LogP) is 10.7. The third kappa shape index (κ3) is 5.99. The molecular formula is C13H7Cl17O2. The molecule has 0 saturated heterocycles. The molecule has 0 radical (unpaired) electrons. The standard InChI is InChI=1S/C13H7Cl17O2/c1-3-5(31)32-4(2)6(14,15)7(16,17)8(18,19)9(20,21)10(22,23)11(24,25)12(26,27)13(28,29)30/h3-4H,1H2,2H3. The number of carbonyl (C=O) groups excluding carboxylic acids is 1. The van der Waals surface area contributed by atoms with Gasteiger partial charge in [0.2, 0.25) is 8.13 Å². The molecule has 190 valence electrons. The summed E-state index contributed by atoms with van der Waals surface area (Å²) in [5.41, 5.74) is 0. The number of hydrogen-bond donors (Lipinski definition) is 0. The lowest BCUT2D eigenvalue weighted by Crippen LogP contribution is -2.71. The molecule has 0 aliphatic carbocycles. The van der Waals surface area contributed by atoms with Gasteiger partial charge in [0.15, 0.2) is 26.0 Å². The first-order valence-electron chi connectivity index (χ1n) is 7.17. The number of esters is 1. The second-order valence-electron chi connectivity index (χ2n) is 5.85. The summed E-state index contributed by atoms with van der Waals surface area (Å²) in [6.45, 7) is 4.37. The van der Waals surface area contributed by atoms with Gasteiger partial charge in [0.05, 0.1) is 0 Å². The number of alkyl halides is 17. The largest absolute Gasteiger partial charge is 0.456 e. The van der Waals surface area contributed by atoms with E-state index < -0.39 is 46.2 Å². The fourth-order valence-electron chi connectivity index (χ4n) is 1.73. The highest BCUT2D eigenvalue weighted by Crippen LogP contribution is 2.72. The van der Waals surface area contributed by atoms with Crippen molar-refractivity contribution >= 4 is 203 Å². The Hall–Kier alpha value is 4.14. The quantitative estimate of drug-likeness (QED) is 0.132. The average Bonchev–Trinajstić information content (AvgIpc) is 2.59. The Labute approximate surface area is 269 Å². The molecule has 32 heavy (non-hydrogen) atoms. The van der Waals surface area contributed by atoms with E-state index in [9.17, 15) is 4.79 Å². The van der Waals surface area contributed by atoms with Crippen LogP contribution in [0.2, 0.25) is 0 Å². The molecule has 0 rings (SSSR count). The van der Waals surface area contributed by atoms with E-state index in [1.54, 1.807) is 0 Å². The van der Waals surface area contributed by atoms with Crippen LogP contribution >= 0.6 is 197 Å². The van der Waals surface area contributed by atoms with Crippen molar-refractivity contribution in [3.63, 3.8) is 0 Å². The number of ether oxygens (including phenoxy) is 1. The fourth-order valence-corrected chi connectivity index (χ4v) is 6.94. The second kappa shape index (κ2) is 11.3. The van der Waals surface area contributed by atoms with Gasteiger partial charge in [-0.05, 0) is 6.92 Å². The molecule has 0 N–H and O–H groups in total. The van der Waals surface area contributed by atoms with Crippen molar-refractivity contribution in [2.45, 2.75) is 47.2 Å². The second-order valence-corrected chi connectivity index (χ2v) is 17.5. The summed E-state index contributed by atoms with van der Waals surface area (Å²) in [5, 5.41) is 0. The number of hydrogen-bond acceptors (Lipinski definition) is 2. The van der Waals surface area contributed by atoms with Gasteiger partial charge in [-0.15, -0.1) is 0 Å². The van der Waals surface area contributed by atoms with Crippen molar-refractivity contribution in [1.29, 1.82) is 0 Å². The van der Waals surface area contributed by atoms with Gasteiger partial charge in [-0.1, -0.05) is 204 Å². The van der Waals surface area contributed by atoms with Crippen molar-refractivity contribution in [3.8, 4) is 0 Å². The summed E-state index contributed by atoms with van der Waals surface area (Å²) < 4.78 is -18.2. The number of rotatable bonds is 9. The lowest BCUT2D eigenvalue weighted by molar-refractivity contribution is -0.142. The molecule has 0 spiro atoms. The minimum Gasteiger partial charge on any atom is -0.456 e. The summed E-state index contributed by atoms with van der Waals surface area (Å²) in [7, 11) is 0. The molecule has 0 aromatic heterocycles. The maximum atomic E-state index is 11.5. The summed E-state index contributed by atoms with van der Waals surface area (Å²) in [4.78, 5) is 11.5. The van der Waals surface area contributed by atoms with Crippen molar-refractivity contribution in [1.82, 2.24) is 0 Å². The third-order valence-corrected chi connectivity index (χ3v) is 15.5. The minimum absolute atomic E-state index is 0.793. The summed E-state index contributed by atoms with van der Waals surface area (Å²) in [5.74, 6) is -0.966. The third-order valence-electron chi connectivity index (χ3n) is 3.72. The van der Waals surface area contributed by atoms with Gasteiger partial charge in [0.25, 0.3) is 0 Å². The van der Waals surface area contributed by atoms with E-state index in [-0.39, 0.29) is 0 Å². The average molecular weight is 798 g/mol. The van der Waals surface area contributed by atoms with E-state index in [0.717, 1.165) is 6.08 Å². The van der Waals surface area contributed by atoms with E-state index in [0.29, 0.717) is 0 Å². The first kappa shape index (κ1) is 36.1. The molecule has 0 aliphatic heterocycles. The van der Waals surface area contributed by atoms with E-state index in [2.05, 4.69) is 6.58 Å². The van der Waals surface area contributed by atoms with E-state index in [1.807, 2.05) is 0 Å². The molecular weight excluding hydrogens is 791 g/mol. The van der Waals surface area contributed by atoms with Crippen LogP contribution in [0.4, 0.5) is 0 Å². The van der Waals surface area contributed by atoms with E-state index >= 15 is 0 Å². The van der Waals surface area contributed by atoms with Gasteiger partial charge in [0.1, 0.15) is 6.10 Å². The maximum absolute atomic E-state index is 11.5. The van der Waals surface area contributed by atoms with Crippen molar-refractivity contribution < 1.29 is 9.53 Å². The van der Waals surface area contributed by atoms with Crippen LogP contribution in [0, 0.1) is 0 Å². The number of halogens is 17. The smallest absolute Gasteiger partial charge is 0.330 e. The molecule has 19 heteroatoms. The zero-order chi connectivity index (χ0) is 26.6. The Morgan fingerprint density at radius 2 is 0.906 bits per heavy atom. The Balaban J connectivity index is 6.71. The van der Waals surface area contributed by atoms with Gasteiger partial charge < -0.3 is 4.74 Å². The Kier molecular flexibility index (Phi) is 12.8. The van der Waals surface area contributed by atoms with Crippen LogP contribution in [0.1, 0.15) is 6.92 Å². The van der Waals surface area contributed by atoms with E-state index in [1.165, 1.54) is 6.92 Å². The summed E-state index contributed by atoms with van der Waals surface area (Å²) >= 11 is 104. The zero-order valence-corrected chi connectivity index (χ0v) is 27.5. The highest BCUT2D eigenvalue weighted by molar-refractivity contribution is 6.83. The molecule has 1 atom stereocenters. The first-order valence-corrected chi connectivity index (χ1v) is 13.6. The van der Waals surface area contributed by atoms with Gasteiger partial charge >= 0.3 is 5.97 Å². The van der Waals surface area contributed by atoms with Gasteiger partial charge in [-0.25, -0.2) is 4.79 Å². The lowest BCUT2D eigenvalue weighted by Gasteiger charge is -2.54. The van der Waals surface area contributed by atoms with Crippen molar-refractivity contribution in [2.75, 3.05) is 0 Å². The molecule has 2 nitrogen and oxygen atoms in total. The predicted molar refractivity (Wildman–Crippen MR) is 147 cm³/mol. The summed E-state index contributed by atoms with van der Waals surface area (Å²) in [6, 6.07) is 0. The molecule has 0 amide bonds. The highest BCUT2D eigenvalue weighted by Gasteiger charge is 2.81. The summed E-state index contributed by atoms with van der Waals surface area (Å²) in [6.07, 6.45) is -0.729. The van der Waals surface area contributed by atoms with Gasteiger partial charge in [-0.3, -0.25) is 0 Å². The highest BCUT2D eigenvalue weighted by atomic mass is 35.6. The Morgan fingerprint density at radius 1 is 0.625 bits per heavy atom. The molecule has 0 saturated carbocycles. The monoisotopic (exact) mass is 790 g/mol. The first-order chi connectivity index (χ1) is 13.6. The van der Waals surface area contributed by atoms with Crippen LogP contribution in [0.15, 0.2) is 12.7 Å². The molecule has 0 heterocycles. The van der Waals surface area contributed by atoms with Crippen LogP contribution in [-0.2, 0) is 9.53 Å². The van der Waals surface area contributed by atoms with Gasteiger partial charge in [0, 0.05) is 6.08 Å². The van der Waals surface area contributed by atoms with Gasteiger partial charge in [-0.2, -0.15) is 0 Å². The number of carbonyl (C=O) groups is 1. The van der Waals surface area contributed by atoms with E-state index in [4.69, 9.17) is 202 Å².